The van der Waals surface area contributed by atoms with Crippen molar-refractivity contribution in [3.8, 4) is 17.4 Å². The molecular formula is C41H55N5O12S. The number of nitrogens with one attached hydrogen (secondary N) is 3. The number of sulfonamides is 1. The molecule has 6 rings (SSSR count). The first-order valence-electron chi connectivity index (χ1n) is 20.1. The van der Waals surface area contributed by atoms with Gasteiger partial charge in [0, 0.05) is 23.1 Å². The number of rotatable bonds is 9. The van der Waals surface area contributed by atoms with Crippen LogP contribution in [0.25, 0.3) is 10.8 Å². The minimum absolute atomic E-state index is 0.0618. The molecule has 0 bridgehead atoms. The fraction of sp³-hybridized carbons (Fsp3) is 0.610. The predicted molar refractivity (Wildman–Crippen MR) is 214 cm³/mol. The molecule has 322 valence electrons. The fourth-order valence-electron chi connectivity index (χ4n) is 7.97. The average Bonchev–Trinajstić information content (AvgIpc) is 4.04. The van der Waals surface area contributed by atoms with Crippen LogP contribution in [0.2, 0.25) is 0 Å². The zero-order valence-corrected chi connectivity index (χ0v) is 35.3. The normalized spacial score (nSPS) is 28.7. The third-order valence-corrected chi connectivity index (χ3v) is 13.9. The third-order valence-electron chi connectivity index (χ3n) is 11.8. The Hall–Kier alpha value is -5.13. The molecule has 1 aromatic carbocycles. The van der Waals surface area contributed by atoms with Gasteiger partial charge in [0.15, 0.2) is 5.75 Å². The summed E-state index contributed by atoms with van der Waals surface area (Å²) in [5, 5.41) is 15.7. The number of fused-ring (bicyclic) bond motifs is 3. The van der Waals surface area contributed by atoms with Crippen molar-refractivity contribution in [1.29, 1.82) is 0 Å². The summed E-state index contributed by atoms with van der Waals surface area (Å²) in [5.74, 6) is -2.46. The summed E-state index contributed by atoms with van der Waals surface area (Å²) in [4.78, 5) is 74.1. The molecule has 3 heterocycles. The van der Waals surface area contributed by atoms with E-state index >= 15 is 0 Å². The molecule has 0 unspecified atom stereocenters. The lowest BCUT2D eigenvalue weighted by molar-refractivity contribution is -0.142. The van der Waals surface area contributed by atoms with Gasteiger partial charge in [-0.15, -0.1) is 0 Å². The highest BCUT2D eigenvalue weighted by Crippen LogP contribution is 2.48. The number of hydrogen-bond donors (Lipinski definition) is 4. The Kier molecular flexibility index (Phi) is 12.1. The van der Waals surface area contributed by atoms with Crippen molar-refractivity contribution in [3.63, 3.8) is 0 Å². The summed E-state index contributed by atoms with van der Waals surface area (Å²) in [6.07, 6.45) is 5.08. The van der Waals surface area contributed by atoms with Gasteiger partial charge in [-0.2, -0.15) is 0 Å². The SMILES string of the molecule is CC[C@@H]1C[C@H](C)CC/C=C\[C@@H]2C[C@@]2(C(=O)NS(=O)(=O)C2(C)CC2)NC(=O)[C@@H]2C[C@@H](Oc3ncc(OC(=O)O)c4cc(OC)ccc34)CN2C(=O)[C@H]1NC(=O)OC(C)(C)C. The maximum Gasteiger partial charge on any atom is 0.511 e. The van der Waals surface area contributed by atoms with Gasteiger partial charge in [0.1, 0.15) is 35.1 Å². The van der Waals surface area contributed by atoms with Crippen molar-refractivity contribution in [2.45, 2.75) is 127 Å². The summed E-state index contributed by atoms with van der Waals surface area (Å²) >= 11 is 0. The molecule has 4 aliphatic rings. The summed E-state index contributed by atoms with van der Waals surface area (Å²) < 4.78 is 50.0. The maximum absolute atomic E-state index is 15.0. The largest absolute Gasteiger partial charge is 0.511 e. The molecule has 17 nitrogen and oxygen atoms in total. The van der Waals surface area contributed by atoms with Crippen LogP contribution in [0.15, 0.2) is 36.5 Å². The zero-order valence-electron chi connectivity index (χ0n) is 34.5. The minimum atomic E-state index is -4.05. The van der Waals surface area contributed by atoms with E-state index in [0.29, 0.717) is 48.6 Å². The summed E-state index contributed by atoms with van der Waals surface area (Å²) in [5.41, 5.74) is -2.46. The lowest BCUT2D eigenvalue weighted by Crippen LogP contribution is -2.59. The molecule has 0 radical (unpaired) electrons. The van der Waals surface area contributed by atoms with E-state index in [9.17, 15) is 37.5 Å². The van der Waals surface area contributed by atoms with Crippen LogP contribution in [-0.2, 0) is 29.1 Å². The second-order valence-electron chi connectivity index (χ2n) is 17.5. The third kappa shape index (κ3) is 9.52. The van der Waals surface area contributed by atoms with Crippen molar-refractivity contribution >= 4 is 50.8 Å². The Morgan fingerprint density at radius 2 is 1.85 bits per heavy atom. The number of ether oxygens (including phenoxy) is 4. The van der Waals surface area contributed by atoms with E-state index in [2.05, 4.69) is 27.3 Å². The Balaban J connectivity index is 1.38. The zero-order chi connectivity index (χ0) is 43.1. The highest BCUT2D eigenvalue weighted by atomic mass is 32.2. The number of carboxylic acid groups (broad SMARTS) is 1. The number of aromatic nitrogens is 1. The van der Waals surface area contributed by atoms with Crippen molar-refractivity contribution < 1.29 is 56.4 Å². The van der Waals surface area contributed by atoms with Gasteiger partial charge < -0.3 is 39.6 Å². The molecule has 0 spiro atoms. The van der Waals surface area contributed by atoms with E-state index in [1.54, 1.807) is 45.9 Å². The van der Waals surface area contributed by atoms with E-state index in [1.165, 1.54) is 18.2 Å². The number of nitrogens with zero attached hydrogens (tertiary/aromatic N) is 2. The molecule has 59 heavy (non-hydrogen) atoms. The van der Waals surface area contributed by atoms with Crippen LogP contribution >= 0.6 is 0 Å². The fourth-order valence-corrected chi connectivity index (χ4v) is 9.29. The number of carbonyl (C=O) groups is 5. The number of alkyl carbamates (subject to hydrolysis) is 1. The van der Waals surface area contributed by atoms with Crippen molar-refractivity contribution in [1.82, 2.24) is 25.2 Å². The van der Waals surface area contributed by atoms with Crippen molar-refractivity contribution in [2.24, 2.45) is 17.8 Å². The van der Waals surface area contributed by atoms with Gasteiger partial charge in [-0.25, -0.2) is 23.0 Å². The molecule has 7 atom stereocenters. The van der Waals surface area contributed by atoms with Gasteiger partial charge in [-0.3, -0.25) is 19.1 Å². The lowest BCUT2D eigenvalue weighted by atomic mass is 9.85. The van der Waals surface area contributed by atoms with Crippen LogP contribution in [0.4, 0.5) is 9.59 Å². The van der Waals surface area contributed by atoms with E-state index in [0.717, 1.165) is 6.42 Å². The quantitative estimate of drug-likeness (QED) is 0.196. The summed E-state index contributed by atoms with van der Waals surface area (Å²) in [7, 11) is -2.60. The monoisotopic (exact) mass is 841 g/mol. The van der Waals surface area contributed by atoms with Gasteiger partial charge in [0.25, 0.3) is 5.91 Å². The number of pyridine rings is 1. The predicted octanol–water partition coefficient (Wildman–Crippen LogP) is 4.82. The topological polar surface area (TPSA) is 229 Å². The van der Waals surface area contributed by atoms with Gasteiger partial charge >= 0.3 is 12.2 Å². The second-order valence-corrected chi connectivity index (χ2v) is 19.7. The molecule has 2 aliphatic carbocycles. The summed E-state index contributed by atoms with van der Waals surface area (Å²) in [6.45, 7) is 10.5. The van der Waals surface area contributed by atoms with Gasteiger partial charge in [-0.05, 0) is 96.3 Å². The minimum Gasteiger partial charge on any atom is -0.497 e. The van der Waals surface area contributed by atoms with Gasteiger partial charge in [-0.1, -0.05) is 32.4 Å². The van der Waals surface area contributed by atoms with Crippen LogP contribution in [0.5, 0.6) is 17.4 Å². The molecule has 18 heteroatoms. The number of benzene rings is 1. The first-order valence-corrected chi connectivity index (χ1v) is 21.6. The molecule has 4 N–H and O–H groups in total. The van der Waals surface area contributed by atoms with Gasteiger partial charge in [0.05, 0.1) is 24.6 Å². The molecule has 2 aromatic rings. The van der Waals surface area contributed by atoms with Crippen LogP contribution in [-0.4, -0.2) is 101 Å². The first kappa shape index (κ1) is 43.4. The molecule has 1 saturated heterocycles. The molecule has 1 aromatic heterocycles. The van der Waals surface area contributed by atoms with Crippen molar-refractivity contribution in [3.05, 3.63) is 36.5 Å². The number of methoxy groups -OCH3 is 1. The van der Waals surface area contributed by atoms with Crippen LogP contribution in [0, 0.1) is 17.8 Å². The Morgan fingerprint density at radius 1 is 1.12 bits per heavy atom. The highest BCUT2D eigenvalue weighted by molar-refractivity contribution is 7.91. The number of hydrogen-bond acceptors (Lipinski definition) is 12. The molecule has 2 saturated carbocycles. The van der Waals surface area contributed by atoms with E-state index in [1.807, 2.05) is 19.1 Å². The van der Waals surface area contributed by atoms with Crippen LogP contribution < -0.4 is 29.6 Å². The Labute approximate surface area is 344 Å². The maximum atomic E-state index is 15.0. The average molecular weight is 842 g/mol. The standard InChI is InChI=1S/C41H55N5O12S/c1-8-24-17-23(2)11-9-10-12-25-20-41(25,36(49)45-59(53,54)40(6)15-16-40)44-33(47)30-19-27(22-46(30)35(48)32(24)43-37(50)58-39(3,4)5)56-34-28-14-13-26(55-7)18-29(28)31(21-42-34)57-38(51)52/h10,12-14,18,21,23-25,27,30,32H,8-9,11,15-17,19-20,22H2,1-7H3,(H,43,50)(H,44,47)(H,45,49)(H,51,52)/b12-10-/t23-,24-,25-,27-,30+,32+,41-/m1/s1. The van der Waals surface area contributed by atoms with Crippen molar-refractivity contribution in [2.75, 3.05) is 13.7 Å². The Bertz CT molecular complexity index is 2130. The first-order chi connectivity index (χ1) is 27.7. The van der Waals surface area contributed by atoms with Crippen LogP contribution in [0.1, 0.15) is 92.9 Å². The van der Waals surface area contributed by atoms with Gasteiger partial charge in [0.2, 0.25) is 27.7 Å². The smallest absolute Gasteiger partial charge is 0.497 e. The number of carbonyl (C=O) groups excluding carboxylic acids is 4. The van der Waals surface area contributed by atoms with E-state index < -0.39 is 80.0 Å². The number of allylic oxidation sites excluding steroid dienone is 1. The Morgan fingerprint density at radius 3 is 2.49 bits per heavy atom. The number of amides is 4. The highest BCUT2D eigenvalue weighted by Gasteiger charge is 2.63. The molecule has 2 aliphatic heterocycles. The lowest BCUT2D eigenvalue weighted by Gasteiger charge is -2.34. The van der Waals surface area contributed by atoms with E-state index in [4.69, 9.17) is 18.9 Å². The molecule has 4 amide bonds. The molecular weight excluding hydrogens is 787 g/mol. The van der Waals surface area contributed by atoms with Crippen LogP contribution in [0.3, 0.4) is 0 Å². The second kappa shape index (κ2) is 16.5. The van der Waals surface area contributed by atoms with E-state index in [-0.39, 0.29) is 42.9 Å². The summed E-state index contributed by atoms with van der Waals surface area (Å²) in [6, 6.07) is 2.46. The molecule has 3 fully saturated rings.